The van der Waals surface area contributed by atoms with E-state index in [0.717, 1.165) is 16.7 Å². The molecule has 0 aliphatic heterocycles. The highest BCUT2D eigenvalue weighted by Crippen LogP contribution is 2.29. The van der Waals surface area contributed by atoms with Gasteiger partial charge in [0.15, 0.2) is 0 Å². The fourth-order valence-corrected chi connectivity index (χ4v) is 1.96. The van der Waals surface area contributed by atoms with E-state index in [4.69, 9.17) is 21.4 Å². The lowest BCUT2D eigenvalue weighted by Crippen LogP contribution is -1.98. The molecule has 0 bridgehead atoms. The van der Waals surface area contributed by atoms with Gasteiger partial charge in [-0.3, -0.25) is 0 Å². The molecule has 1 N–H and O–H groups in total. The number of methoxy groups -OCH3 is 1. The van der Waals surface area contributed by atoms with Gasteiger partial charge in [0.2, 0.25) is 0 Å². The molecule has 4 heteroatoms. The molecule has 98 valence electrons. The molecule has 0 heterocycles. The summed E-state index contributed by atoms with van der Waals surface area (Å²) in [6.07, 6.45) is 0. The number of carboxylic acid groups (broad SMARTS) is 1. The number of hydrogen-bond donors (Lipinski definition) is 1. The molecule has 0 saturated carbocycles. The second kappa shape index (κ2) is 5.33. The minimum Gasteiger partial charge on any atom is -0.497 e. The summed E-state index contributed by atoms with van der Waals surface area (Å²) in [6.45, 7) is 1.92. The van der Waals surface area contributed by atoms with Crippen molar-refractivity contribution in [2.75, 3.05) is 7.11 Å². The Morgan fingerprint density at radius 1 is 1.16 bits per heavy atom. The molecule has 19 heavy (non-hydrogen) atoms. The van der Waals surface area contributed by atoms with Crippen molar-refractivity contribution in [3.8, 4) is 16.9 Å². The second-order valence-corrected chi connectivity index (χ2v) is 4.63. The highest BCUT2D eigenvalue weighted by molar-refractivity contribution is 6.31. The number of aryl methyl sites for hydroxylation is 1. The molecular formula is C15H13ClO3. The van der Waals surface area contributed by atoms with Crippen molar-refractivity contribution in [3.63, 3.8) is 0 Å². The largest absolute Gasteiger partial charge is 0.497 e. The zero-order valence-corrected chi connectivity index (χ0v) is 11.4. The summed E-state index contributed by atoms with van der Waals surface area (Å²) in [7, 11) is 1.51. The molecule has 0 radical (unpaired) electrons. The highest BCUT2D eigenvalue weighted by Gasteiger charge is 2.09. The molecule has 0 fully saturated rings. The van der Waals surface area contributed by atoms with Crippen LogP contribution in [-0.4, -0.2) is 18.2 Å². The van der Waals surface area contributed by atoms with E-state index < -0.39 is 5.97 Å². The summed E-state index contributed by atoms with van der Waals surface area (Å²) in [5.74, 6) is -0.482. The fourth-order valence-electron chi connectivity index (χ4n) is 1.78. The Bertz CT molecular complexity index is 635. The van der Waals surface area contributed by atoms with Crippen LogP contribution in [-0.2, 0) is 0 Å². The Kier molecular flexibility index (Phi) is 3.76. The van der Waals surface area contributed by atoms with Gasteiger partial charge in [0.05, 0.1) is 12.7 Å². The molecule has 2 rings (SSSR count). The standard InChI is InChI=1S/C15H13ClO3/c1-9-3-4-10(8-14(9)16)11-5-12(15(17)18)7-13(6-11)19-2/h3-8H,1-2H3,(H,17,18). The van der Waals surface area contributed by atoms with Crippen molar-refractivity contribution >= 4 is 17.6 Å². The third-order valence-corrected chi connectivity index (χ3v) is 3.30. The zero-order valence-electron chi connectivity index (χ0n) is 10.6. The first-order valence-electron chi connectivity index (χ1n) is 5.70. The number of halogens is 1. The molecule has 3 nitrogen and oxygen atoms in total. The van der Waals surface area contributed by atoms with Gasteiger partial charge in [0, 0.05) is 5.02 Å². The average Bonchev–Trinajstić information content (AvgIpc) is 2.41. The highest BCUT2D eigenvalue weighted by atomic mass is 35.5. The molecule has 0 aliphatic carbocycles. The van der Waals surface area contributed by atoms with Crippen LogP contribution in [0.2, 0.25) is 5.02 Å². The maximum absolute atomic E-state index is 11.1. The molecule has 0 aromatic heterocycles. The van der Waals surface area contributed by atoms with Crippen molar-refractivity contribution in [1.29, 1.82) is 0 Å². The molecule has 0 unspecified atom stereocenters. The van der Waals surface area contributed by atoms with Gasteiger partial charge < -0.3 is 9.84 Å². The number of hydrogen-bond acceptors (Lipinski definition) is 2. The van der Waals surface area contributed by atoms with E-state index >= 15 is 0 Å². The van der Waals surface area contributed by atoms with Gasteiger partial charge in [-0.15, -0.1) is 0 Å². The van der Waals surface area contributed by atoms with Crippen LogP contribution in [0, 0.1) is 6.92 Å². The van der Waals surface area contributed by atoms with Gasteiger partial charge in [-0.05, 0) is 47.9 Å². The Morgan fingerprint density at radius 2 is 1.89 bits per heavy atom. The van der Waals surface area contributed by atoms with Crippen molar-refractivity contribution < 1.29 is 14.6 Å². The SMILES string of the molecule is COc1cc(C(=O)O)cc(-c2ccc(C)c(Cl)c2)c1. The monoisotopic (exact) mass is 276 g/mol. The maximum Gasteiger partial charge on any atom is 0.335 e. The van der Waals surface area contributed by atoms with Crippen LogP contribution in [0.5, 0.6) is 5.75 Å². The number of ether oxygens (including phenoxy) is 1. The summed E-state index contributed by atoms with van der Waals surface area (Å²) < 4.78 is 5.12. The minimum atomic E-state index is -0.988. The first kappa shape index (κ1) is 13.4. The van der Waals surface area contributed by atoms with Crippen LogP contribution in [0.3, 0.4) is 0 Å². The van der Waals surface area contributed by atoms with E-state index in [-0.39, 0.29) is 5.56 Å². The van der Waals surface area contributed by atoms with Crippen LogP contribution in [0.4, 0.5) is 0 Å². The van der Waals surface area contributed by atoms with Crippen LogP contribution < -0.4 is 4.74 Å². The van der Waals surface area contributed by atoms with Crippen LogP contribution in [0.15, 0.2) is 36.4 Å². The number of aromatic carboxylic acids is 1. The molecule has 2 aromatic rings. The predicted octanol–water partition coefficient (Wildman–Crippen LogP) is 4.02. The van der Waals surface area contributed by atoms with Crippen LogP contribution in [0.25, 0.3) is 11.1 Å². The lowest BCUT2D eigenvalue weighted by atomic mass is 10.0. The first-order chi connectivity index (χ1) is 9.01. The van der Waals surface area contributed by atoms with Gasteiger partial charge in [-0.25, -0.2) is 4.79 Å². The van der Waals surface area contributed by atoms with E-state index in [1.807, 2.05) is 25.1 Å². The van der Waals surface area contributed by atoms with E-state index in [9.17, 15) is 4.79 Å². The maximum atomic E-state index is 11.1. The van der Waals surface area contributed by atoms with Gasteiger partial charge in [0.25, 0.3) is 0 Å². The summed E-state index contributed by atoms with van der Waals surface area (Å²) in [5, 5.41) is 9.74. The Morgan fingerprint density at radius 3 is 2.47 bits per heavy atom. The van der Waals surface area contributed by atoms with E-state index in [1.165, 1.54) is 13.2 Å². The third-order valence-electron chi connectivity index (χ3n) is 2.89. The molecule has 0 atom stereocenters. The van der Waals surface area contributed by atoms with Crippen molar-refractivity contribution in [2.24, 2.45) is 0 Å². The Hall–Kier alpha value is -2.00. The molecule has 0 aliphatic rings. The van der Waals surface area contributed by atoms with Gasteiger partial charge in [0.1, 0.15) is 5.75 Å². The van der Waals surface area contributed by atoms with Crippen LogP contribution in [0.1, 0.15) is 15.9 Å². The molecule has 0 saturated heterocycles. The predicted molar refractivity (Wildman–Crippen MR) is 75.1 cm³/mol. The Balaban J connectivity index is 2.57. The first-order valence-corrected chi connectivity index (χ1v) is 6.08. The molecule has 0 spiro atoms. The summed E-state index contributed by atoms with van der Waals surface area (Å²) >= 11 is 6.09. The van der Waals surface area contributed by atoms with E-state index in [1.54, 1.807) is 12.1 Å². The van der Waals surface area contributed by atoms with Gasteiger partial charge in [-0.1, -0.05) is 23.7 Å². The van der Waals surface area contributed by atoms with Crippen molar-refractivity contribution in [3.05, 3.63) is 52.5 Å². The topological polar surface area (TPSA) is 46.5 Å². The summed E-state index contributed by atoms with van der Waals surface area (Å²) in [6, 6.07) is 10.5. The normalized spacial score (nSPS) is 10.3. The smallest absolute Gasteiger partial charge is 0.335 e. The lowest BCUT2D eigenvalue weighted by molar-refractivity contribution is 0.0696. The van der Waals surface area contributed by atoms with E-state index in [0.29, 0.717) is 10.8 Å². The fraction of sp³-hybridized carbons (Fsp3) is 0.133. The number of rotatable bonds is 3. The minimum absolute atomic E-state index is 0.186. The number of benzene rings is 2. The zero-order chi connectivity index (χ0) is 14.0. The molecule has 2 aromatic carbocycles. The lowest BCUT2D eigenvalue weighted by Gasteiger charge is -2.08. The summed E-state index contributed by atoms with van der Waals surface area (Å²) in [5.41, 5.74) is 2.79. The van der Waals surface area contributed by atoms with Crippen molar-refractivity contribution in [2.45, 2.75) is 6.92 Å². The quantitative estimate of drug-likeness (QED) is 0.921. The van der Waals surface area contributed by atoms with E-state index in [2.05, 4.69) is 0 Å². The Labute approximate surface area is 116 Å². The third kappa shape index (κ3) is 2.88. The van der Waals surface area contributed by atoms with Gasteiger partial charge in [-0.2, -0.15) is 0 Å². The van der Waals surface area contributed by atoms with Crippen LogP contribution >= 0.6 is 11.6 Å². The van der Waals surface area contributed by atoms with Crippen molar-refractivity contribution in [1.82, 2.24) is 0 Å². The second-order valence-electron chi connectivity index (χ2n) is 4.22. The molecule has 0 amide bonds. The summed E-state index contributed by atoms with van der Waals surface area (Å²) in [4.78, 5) is 11.1. The average molecular weight is 277 g/mol. The number of carboxylic acids is 1. The number of carbonyl (C=O) groups is 1. The molecular weight excluding hydrogens is 264 g/mol. The van der Waals surface area contributed by atoms with Gasteiger partial charge >= 0.3 is 5.97 Å².